The molecule has 0 bridgehead atoms. The lowest BCUT2D eigenvalue weighted by Crippen LogP contribution is -2.43. The van der Waals surface area contributed by atoms with E-state index < -0.39 is 0 Å². The summed E-state index contributed by atoms with van der Waals surface area (Å²) in [5.74, 6) is -0.181. The predicted molar refractivity (Wildman–Crippen MR) is 108 cm³/mol. The van der Waals surface area contributed by atoms with Crippen molar-refractivity contribution >= 4 is 27.5 Å². The van der Waals surface area contributed by atoms with Crippen molar-refractivity contribution in [1.29, 1.82) is 0 Å². The van der Waals surface area contributed by atoms with Crippen LogP contribution in [-0.4, -0.2) is 46.4 Å². The van der Waals surface area contributed by atoms with E-state index in [1.165, 1.54) is 23.5 Å². The number of nitrogens with zero attached hydrogens (tertiary/aromatic N) is 3. The number of likely N-dealkylation sites (tertiary alicyclic amines) is 1. The number of halogens is 1. The van der Waals surface area contributed by atoms with Gasteiger partial charge in [0.05, 0.1) is 23.2 Å². The van der Waals surface area contributed by atoms with Crippen molar-refractivity contribution in [1.82, 2.24) is 14.7 Å². The Morgan fingerprint density at radius 2 is 2.14 bits per heavy atom. The Hall–Kier alpha value is -2.25. The topological polar surface area (TPSA) is 47.4 Å². The molecule has 0 spiro atoms. The molecule has 28 heavy (non-hydrogen) atoms. The van der Waals surface area contributed by atoms with Crippen LogP contribution in [0.3, 0.4) is 0 Å². The van der Waals surface area contributed by atoms with E-state index in [0.717, 1.165) is 45.7 Å². The summed E-state index contributed by atoms with van der Waals surface area (Å²) in [5, 5.41) is 5.61. The highest BCUT2D eigenvalue weighted by atomic mass is 32.1. The highest BCUT2D eigenvalue weighted by Crippen LogP contribution is 2.30. The molecule has 1 amide bonds. The van der Waals surface area contributed by atoms with E-state index >= 15 is 0 Å². The molecular formula is C21H24FN3O2S. The molecule has 1 saturated heterocycles. The lowest BCUT2D eigenvalue weighted by Gasteiger charge is -2.32. The summed E-state index contributed by atoms with van der Waals surface area (Å²) >= 11 is 1.48. The van der Waals surface area contributed by atoms with Crippen LogP contribution in [0.2, 0.25) is 0 Å². The SMILES string of the molecule is CCOC1CCCN(C(=O)c2cc3c(C)nn(Cc4ccc(F)cc4)c3s2)C1. The van der Waals surface area contributed by atoms with Gasteiger partial charge in [0.2, 0.25) is 0 Å². The summed E-state index contributed by atoms with van der Waals surface area (Å²) in [6, 6.07) is 8.39. The number of ether oxygens (including phenoxy) is 1. The maximum absolute atomic E-state index is 13.2. The van der Waals surface area contributed by atoms with E-state index in [-0.39, 0.29) is 17.8 Å². The third-order valence-corrected chi connectivity index (χ3v) is 6.27. The van der Waals surface area contributed by atoms with Crippen molar-refractivity contribution in [2.45, 2.75) is 39.3 Å². The van der Waals surface area contributed by atoms with Gasteiger partial charge in [0.1, 0.15) is 10.6 Å². The standard InChI is InChI=1S/C21H24FN3O2S/c1-3-27-17-5-4-10-24(13-17)20(26)19-11-18-14(2)23-25(21(18)28-19)12-15-6-8-16(22)9-7-15/h6-9,11,17H,3-5,10,12-13H2,1-2H3. The summed E-state index contributed by atoms with van der Waals surface area (Å²) in [5.41, 5.74) is 1.88. The highest BCUT2D eigenvalue weighted by molar-refractivity contribution is 7.20. The zero-order valence-corrected chi connectivity index (χ0v) is 17.0. The first-order chi connectivity index (χ1) is 13.5. The Morgan fingerprint density at radius 3 is 2.89 bits per heavy atom. The average Bonchev–Trinajstić information content (AvgIpc) is 3.25. The number of aryl methyl sites for hydroxylation is 1. The van der Waals surface area contributed by atoms with Gasteiger partial charge in [-0.25, -0.2) is 4.39 Å². The van der Waals surface area contributed by atoms with Gasteiger partial charge in [0.15, 0.2) is 0 Å². The highest BCUT2D eigenvalue weighted by Gasteiger charge is 2.26. The first-order valence-electron chi connectivity index (χ1n) is 9.67. The van der Waals surface area contributed by atoms with Gasteiger partial charge in [0.25, 0.3) is 5.91 Å². The fraction of sp³-hybridized carbons (Fsp3) is 0.429. The normalized spacial score (nSPS) is 17.4. The molecule has 0 radical (unpaired) electrons. The summed E-state index contributed by atoms with van der Waals surface area (Å²) in [6.07, 6.45) is 2.11. The fourth-order valence-corrected chi connectivity index (χ4v) is 4.87. The monoisotopic (exact) mass is 401 g/mol. The van der Waals surface area contributed by atoms with Gasteiger partial charge >= 0.3 is 0 Å². The Morgan fingerprint density at radius 1 is 1.36 bits per heavy atom. The number of amides is 1. The summed E-state index contributed by atoms with van der Waals surface area (Å²) < 4.78 is 20.8. The zero-order chi connectivity index (χ0) is 19.7. The molecule has 1 aliphatic heterocycles. The second-order valence-electron chi connectivity index (χ2n) is 7.17. The molecule has 7 heteroatoms. The van der Waals surface area contributed by atoms with E-state index in [4.69, 9.17) is 4.74 Å². The maximum atomic E-state index is 13.2. The third kappa shape index (κ3) is 3.82. The van der Waals surface area contributed by atoms with Crippen LogP contribution in [0, 0.1) is 12.7 Å². The molecule has 148 valence electrons. The molecular weight excluding hydrogens is 377 g/mol. The molecule has 0 saturated carbocycles. The van der Waals surface area contributed by atoms with Crippen LogP contribution in [0.15, 0.2) is 30.3 Å². The second-order valence-corrected chi connectivity index (χ2v) is 8.20. The van der Waals surface area contributed by atoms with Crippen molar-refractivity contribution in [3.8, 4) is 0 Å². The van der Waals surface area contributed by atoms with Gasteiger partial charge in [-0.05, 0) is 50.5 Å². The van der Waals surface area contributed by atoms with Crippen LogP contribution in [0.5, 0.6) is 0 Å². The number of thiophene rings is 1. The van der Waals surface area contributed by atoms with E-state index in [9.17, 15) is 9.18 Å². The van der Waals surface area contributed by atoms with Gasteiger partial charge < -0.3 is 9.64 Å². The summed E-state index contributed by atoms with van der Waals surface area (Å²) in [7, 11) is 0. The number of rotatable bonds is 5. The van der Waals surface area contributed by atoms with Gasteiger partial charge in [-0.1, -0.05) is 12.1 Å². The number of carbonyl (C=O) groups is 1. The molecule has 1 aliphatic rings. The Bertz CT molecular complexity index is 978. The lowest BCUT2D eigenvalue weighted by atomic mass is 10.1. The molecule has 0 aliphatic carbocycles. The fourth-order valence-electron chi connectivity index (χ4n) is 3.74. The first kappa shape index (κ1) is 19.1. The largest absolute Gasteiger partial charge is 0.377 e. The van der Waals surface area contributed by atoms with Crippen LogP contribution >= 0.6 is 11.3 Å². The summed E-state index contributed by atoms with van der Waals surface area (Å²) in [4.78, 5) is 16.7. The van der Waals surface area contributed by atoms with Gasteiger partial charge in [-0.15, -0.1) is 11.3 Å². The Balaban J connectivity index is 1.57. The molecule has 3 heterocycles. The van der Waals surface area contributed by atoms with E-state index in [1.54, 1.807) is 12.1 Å². The van der Waals surface area contributed by atoms with Crippen LogP contribution in [0.25, 0.3) is 10.2 Å². The maximum Gasteiger partial charge on any atom is 0.264 e. The number of fused-ring (bicyclic) bond motifs is 1. The molecule has 3 aromatic rings. The molecule has 2 aromatic heterocycles. The minimum Gasteiger partial charge on any atom is -0.377 e. The third-order valence-electron chi connectivity index (χ3n) is 5.13. The van der Waals surface area contributed by atoms with E-state index in [0.29, 0.717) is 19.7 Å². The van der Waals surface area contributed by atoms with Crippen LogP contribution in [0.1, 0.15) is 40.7 Å². The number of piperidine rings is 1. The zero-order valence-electron chi connectivity index (χ0n) is 16.2. The molecule has 4 rings (SSSR count). The van der Waals surface area contributed by atoms with Crippen LogP contribution < -0.4 is 0 Å². The van der Waals surface area contributed by atoms with Gasteiger partial charge in [-0.3, -0.25) is 9.48 Å². The minimum atomic E-state index is -0.249. The number of benzene rings is 1. The molecule has 1 fully saturated rings. The Kier molecular flexibility index (Phi) is 5.46. The number of hydrogen-bond acceptors (Lipinski definition) is 4. The minimum absolute atomic E-state index is 0.0679. The van der Waals surface area contributed by atoms with Gasteiger partial charge in [-0.2, -0.15) is 5.10 Å². The van der Waals surface area contributed by atoms with E-state index in [2.05, 4.69) is 5.10 Å². The second kappa shape index (κ2) is 8.01. The first-order valence-corrected chi connectivity index (χ1v) is 10.5. The molecule has 1 atom stereocenters. The summed E-state index contributed by atoms with van der Waals surface area (Å²) in [6.45, 7) is 6.60. The quantitative estimate of drug-likeness (QED) is 0.643. The average molecular weight is 402 g/mol. The number of aromatic nitrogens is 2. The number of carbonyl (C=O) groups excluding carboxylic acids is 1. The van der Waals surface area contributed by atoms with Crippen molar-refractivity contribution in [2.24, 2.45) is 0 Å². The van der Waals surface area contributed by atoms with Crippen molar-refractivity contribution in [3.63, 3.8) is 0 Å². The lowest BCUT2D eigenvalue weighted by molar-refractivity contribution is 0.00742. The predicted octanol–water partition coefficient (Wildman–Crippen LogP) is 4.23. The molecule has 1 unspecified atom stereocenters. The smallest absolute Gasteiger partial charge is 0.264 e. The van der Waals surface area contributed by atoms with Crippen molar-refractivity contribution in [2.75, 3.05) is 19.7 Å². The van der Waals surface area contributed by atoms with Gasteiger partial charge in [0, 0.05) is 25.1 Å². The van der Waals surface area contributed by atoms with Crippen LogP contribution in [0.4, 0.5) is 4.39 Å². The number of hydrogen-bond donors (Lipinski definition) is 0. The van der Waals surface area contributed by atoms with Crippen molar-refractivity contribution in [3.05, 3.63) is 52.3 Å². The van der Waals surface area contributed by atoms with Crippen LogP contribution in [-0.2, 0) is 11.3 Å². The molecule has 5 nitrogen and oxygen atoms in total. The Labute approximate surface area is 167 Å². The molecule has 0 N–H and O–H groups in total. The molecule has 1 aromatic carbocycles. The van der Waals surface area contributed by atoms with Crippen molar-refractivity contribution < 1.29 is 13.9 Å². The van der Waals surface area contributed by atoms with E-state index in [1.807, 2.05) is 29.5 Å².